The Bertz CT molecular complexity index is 663. The van der Waals surface area contributed by atoms with Crippen molar-refractivity contribution in [2.24, 2.45) is 0 Å². The van der Waals surface area contributed by atoms with E-state index in [9.17, 15) is 9.59 Å². The van der Waals surface area contributed by atoms with Gasteiger partial charge in [0.25, 0.3) is 0 Å². The third-order valence-electron chi connectivity index (χ3n) is 5.47. The van der Waals surface area contributed by atoms with Crippen LogP contribution < -0.4 is 10.6 Å². The number of alkyl carbamates (subject to hydrolysis) is 1. The fourth-order valence-corrected chi connectivity index (χ4v) is 3.60. The number of carbonyl (C=O) groups excluding carboxylic acids is 2. The third kappa shape index (κ3) is 10.5. The smallest absolute Gasteiger partial charge is 0.408 e. The van der Waals surface area contributed by atoms with E-state index >= 15 is 0 Å². The quantitative estimate of drug-likeness (QED) is 0.228. The highest BCUT2D eigenvalue weighted by Crippen LogP contribution is 2.23. The molecule has 0 saturated carbocycles. The molecule has 1 aromatic carbocycles. The van der Waals surface area contributed by atoms with E-state index in [2.05, 4.69) is 24.5 Å². The van der Waals surface area contributed by atoms with Crippen LogP contribution in [-0.4, -0.2) is 37.8 Å². The molecule has 6 heteroatoms. The zero-order valence-electron chi connectivity index (χ0n) is 19.6. The molecule has 0 radical (unpaired) electrons. The average Bonchev–Trinajstić information content (AvgIpc) is 2.80. The number of carbonyl (C=O) groups is 2. The Labute approximate surface area is 187 Å². The summed E-state index contributed by atoms with van der Waals surface area (Å²) in [5.74, 6) is -0.530. The Hall–Kier alpha value is -2.34. The predicted molar refractivity (Wildman–Crippen MR) is 125 cm³/mol. The fourth-order valence-electron chi connectivity index (χ4n) is 3.60. The summed E-state index contributed by atoms with van der Waals surface area (Å²) in [6.45, 7) is 4.49. The summed E-state index contributed by atoms with van der Waals surface area (Å²) >= 11 is 0. The maximum absolute atomic E-state index is 12.3. The second-order valence-electron chi connectivity index (χ2n) is 7.89. The summed E-state index contributed by atoms with van der Waals surface area (Å²) < 4.78 is 10.1. The number of esters is 1. The monoisotopic (exact) mass is 432 g/mol. The topological polar surface area (TPSA) is 76.7 Å². The molecular formula is C25H40N2O4. The van der Waals surface area contributed by atoms with Gasteiger partial charge in [0.15, 0.2) is 0 Å². The largest absolute Gasteiger partial charge is 0.467 e. The molecule has 2 unspecified atom stereocenters. The number of nitrogens with one attached hydrogen (secondary N) is 2. The van der Waals surface area contributed by atoms with Gasteiger partial charge < -0.3 is 20.1 Å². The number of likely N-dealkylation sites (N-methyl/N-ethyl adjacent to an activating group) is 1. The fraction of sp³-hybridized carbons (Fsp3) is 0.600. The zero-order valence-corrected chi connectivity index (χ0v) is 19.6. The van der Waals surface area contributed by atoms with Crippen LogP contribution in [0.5, 0.6) is 0 Å². The van der Waals surface area contributed by atoms with E-state index in [1.165, 1.54) is 32.8 Å². The minimum absolute atomic E-state index is 0.137. The van der Waals surface area contributed by atoms with Gasteiger partial charge in [0, 0.05) is 5.54 Å². The molecule has 0 bridgehead atoms. The predicted octanol–water partition coefficient (Wildman–Crippen LogP) is 5.13. The SMILES string of the molecule is CCCCCCCC(C=CC(NC(=O)OCc1ccccc1)C(=O)OC)(CCC)NC. The zero-order chi connectivity index (χ0) is 23.0. The second-order valence-corrected chi connectivity index (χ2v) is 7.89. The van der Waals surface area contributed by atoms with Crippen molar-refractivity contribution in [3.63, 3.8) is 0 Å². The first-order valence-corrected chi connectivity index (χ1v) is 11.4. The van der Waals surface area contributed by atoms with Crippen molar-refractivity contribution in [1.29, 1.82) is 0 Å². The van der Waals surface area contributed by atoms with Crippen LogP contribution in [0.2, 0.25) is 0 Å². The van der Waals surface area contributed by atoms with Gasteiger partial charge in [-0.15, -0.1) is 0 Å². The van der Waals surface area contributed by atoms with E-state index in [0.29, 0.717) is 0 Å². The van der Waals surface area contributed by atoms with Crippen LogP contribution in [0.15, 0.2) is 42.5 Å². The van der Waals surface area contributed by atoms with E-state index in [1.54, 1.807) is 6.08 Å². The highest BCUT2D eigenvalue weighted by atomic mass is 16.6. The summed E-state index contributed by atoms with van der Waals surface area (Å²) in [5.41, 5.74) is 0.658. The molecule has 1 rings (SSSR count). The van der Waals surface area contributed by atoms with Gasteiger partial charge in [-0.25, -0.2) is 9.59 Å². The van der Waals surface area contributed by atoms with E-state index in [4.69, 9.17) is 9.47 Å². The first-order valence-electron chi connectivity index (χ1n) is 11.4. The third-order valence-corrected chi connectivity index (χ3v) is 5.47. The van der Waals surface area contributed by atoms with Crippen LogP contribution in [0.3, 0.4) is 0 Å². The Kier molecular flexibility index (Phi) is 13.3. The van der Waals surface area contributed by atoms with Gasteiger partial charge >= 0.3 is 12.1 Å². The van der Waals surface area contributed by atoms with Crippen LogP contribution in [-0.2, 0) is 20.9 Å². The van der Waals surface area contributed by atoms with Gasteiger partial charge in [0.2, 0.25) is 0 Å². The molecular weight excluding hydrogens is 392 g/mol. The molecule has 2 N–H and O–H groups in total. The number of unbranched alkanes of at least 4 members (excludes halogenated alkanes) is 4. The van der Waals surface area contributed by atoms with Gasteiger partial charge in [0.05, 0.1) is 7.11 Å². The molecule has 174 valence electrons. The van der Waals surface area contributed by atoms with Crippen molar-refractivity contribution in [2.75, 3.05) is 14.2 Å². The minimum Gasteiger partial charge on any atom is -0.467 e. The molecule has 0 aliphatic carbocycles. The number of hydrogen-bond donors (Lipinski definition) is 2. The lowest BCUT2D eigenvalue weighted by atomic mass is 9.86. The average molecular weight is 433 g/mol. The van der Waals surface area contributed by atoms with Gasteiger partial charge in [-0.2, -0.15) is 0 Å². The molecule has 0 heterocycles. The van der Waals surface area contributed by atoms with Crippen molar-refractivity contribution >= 4 is 12.1 Å². The molecule has 0 aliphatic heterocycles. The van der Waals surface area contributed by atoms with Crippen LogP contribution in [0.1, 0.15) is 70.8 Å². The molecule has 1 amide bonds. The van der Waals surface area contributed by atoms with E-state index in [0.717, 1.165) is 31.2 Å². The molecule has 2 atom stereocenters. The number of rotatable bonds is 15. The Morgan fingerprint density at radius 2 is 1.74 bits per heavy atom. The molecule has 0 saturated heterocycles. The first-order chi connectivity index (χ1) is 15.0. The summed E-state index contributed by atoms with van der Waals surface area (Å²) in [7, 11) is 3.26. The molecule has 1 aromatic rings. The van der Waals surface area contributed by atoms with E-state index in [1.807, 2.05) is 43.5 Å². The lowest BCUT2D eigenvalue weighted by Gasteiger charge is -2.31. The summed E-state index contributed by atoms with van der Waals surface area (Å²) in [4.78, 5) is 24.5. The number of hydrogen-bond acceptors (Lipinski definition) is 5. The van der Waals surface area contributed by atoms with Gasteiger partial charge in [-0.05, 0) is 25.5 Å². The molecule has 6 nitrogen and oxygen atoms in total. The van der Waals surface area contributed by atoms with E-state index < -0.39 is 18.1 Å². The molecule has 0 spiro atoms. The van der Waals surface area contributed by atoms with Crippen molar-refractivity contribution in [3.05, 3.63) is 48.0 Å². The maximum atomic E-state index is 12.3. The van der Waals surface area contributed by atoms with Crippen LogP contribution in [0.4, 0.5) is 4.79 Å². The van der Waals surface area contributed by atoms with Crippen LogP contribution in [0, 0.1) is 0 Å². The Morgan fingerprint density at radius 3 is 2.35 bits per heavy atom. The van der Waals surface area contributed by atoms with Crippen LogP contribution in [0.25, 0.3) is 0 Å². The standard InChI is InChI=1S/C25H40N2O4/c1-5-7-8-9-13-18-25(26-3,17-6-2)19-16-22(23(28)30-4)27-24(29)31-20-21-14-11-10-12-15-21/h10-12,14-16,19,22,26H,5-9,13,17-18,20H2,1-4H3,(H,27,29). The highest BCUT2D eigenvalue weighted by Gasteiger charge is 2.26. The molecule has 0 fully saturated rings. The number of benzene rings is 1. The lowest BCUT2D eigenvalue weighted by molar-refractivity contribution is -0.141. The summed E-state index contributed by atoms with van der Waals surface area (Å²) in [5, 5.41) is 6.05. The number of ether oxygens (including phenoxy) is 2. The molecule has 0 aromatic heterocycles. The Morgan fingerprint density at radius 1 is 1.03 bits per heavy atom. The molecule has 0 aliphatic rings. The normalized spacial score (nSPS) is 14.1. The van der Waals surface area contributed by atoms with Crippen molar-refractivity contribution in [3.8, 4) is 0 Å². The number of amides is 1. The van der Waals surface area contributed by atoms with Gasteiger partial charge in [0.1, 0.15) is 12.6 Å². The first kappa shape index (κ1) is 26.7. The Balaban J connectivity index is 2.77. The number of methoxy groups -OCH3 is 1. The van der Waals surface area contributed by atoms with Crippen molar-refractivity contribution in [2.45, 2.75) is 83.4 Å². The maximum Gasteiger partial charge on any atom is 0.408 e. The lowest BCUT2D eigenvalue weighted by Crippen LogP contribution is -2.44. The summed E-state index contributed by atoms with van der Waals surface area (Å²) in [6, 6.07) is 8.50. The van der Waals surface area contributed by atoms with Gasteiger partial charge in [-0.1, -0.05) is 94.9 Å². The minimum atomic E-state index is -0.905. The van der Waals surface area contributed by atoms with Crippen LogP contribution >= 0.6 is 0 Å². The van der Waals surface area contributed by atoms with Crippen molar-refractivity contribution < 1.29 is 19.1 Å². The highest BCUT2D eigenvalue weighted by molar-refractivity contribution is 5.83. The van der Waals surface area contributed by atoms with E-state index in [-0.39, 0.29) is 12.1 Å². The van der Waals surface area contributed by atoms with Gasteiger partial charge in [-0.3, -0.25) is 0 Å². The second kappa shape index (κ2) is 15.5. The molecule has 31 heavy (non-hydrogen) atoms. The summed E-state index contributed by atoms with van der Waals surface area (Å²) in [6.07, 6.45) is 12.0. The van der Waals surface area contributed by atoms with Crippen molar-refractivity contribution in [1.82, 2.24) is 10.6 Å².